The van der Waals surface area contributed by atoms with E-state index in [1.165, 1.54) is 18.2 Å². The van der Waals surface area contributed by atoms with E-state index in [4.69, 9.17) is 0 Å². The van der Waals surface area contributed by atoms with E-state index in [0.717, 1.165) is 6.07 Å². The van der Waals surface area contributed by atoms with Gasteiger partial charge in [-0.2, -0.15) is 13.2 Å². The normalized spacial score (nSPS) is 11.0. The van der Waals surface area contributed by atoms with Crippen molar-refractivity contribution in [3.05, 3.63) is 29.8 Å². The smallest absolute Gasteiger partial charge is 0.338 e. The minimum absolute atomic E-state index is 0.249. The average Bonchev–Trinajstić information content (AvgIpc) is 2.17. The molecule has 0 aliphatic carbocycles. The maximum absolute atomic E-state index is 12.5. The van der Waals surface area contributed by atoms with E-state index in [1.807, 2.05) is 0 Å². The van der Waals surface area contributed by atoms with E-state index in [0.29, 0.717) is 6.54 Å². The molecule has 0 bridgehead atoms. The van der Waals surface area contributed by atoms with Crippen molar-refractivity contribution in [2.24, 2.45) is 0 Å². The van der Waals surface area contributed by atoms with Gasteiger partial charge in [0.15, 0.2) is 0 Å². The van der Waals surface area contributed by atoms with Crippen molar-refractivity contribution in [3.8, 4) is 0 Å². The van der Waals surface area contributed by atoms with Crippen LogP contribution in [0.3, 0.4) is 0 Å². The topological polar surface area (TPSA) is 41.1 Å². The molecule has 2 amide bonds. The first kappa shape index (κ1) is 12.4. The highest BCUT2D eigenvalue weighted by Gasteiger charge is 2.33. The summed E-state index contributed by atoms with van der Waals surface area (Å²) in [4.78, 5) is 11.1. The van der Waals surface area contributed by atoms with Crippen LogP contribution in [-0.2, 0) is 6.18 Å². The van der Waals surface area contributed by atoms with Gasteiger partial charge in [0, 0.05) is 6.54 Å². The Morgan fingerprint density at radius 1 is 1.31 bits per heavy atom. The van der Waals surface area contributed by atoms with E-state index in [2.05, 4.69) is 10.6 Å². The number of carbonyl (C=O) groups excluding carboxylic acids is 1. The number of urea groups is 1. The van der Waals surface area contributed by atoms with Gasteiger partial charge in [0.05, 0.1) is 11.3 Å². The summed E-state index contributed by atoms with van der Waals surface area (Å²) in [6, 6.07) is 4.17. The van der Waals surface area contributed by atoms with Gasteiger partial charge in [-0.15, -0.1) is 0 Å². The Bertz CT molecular complexity index is 377. The molecule has 0 spiro atoms. The van der Waals surface area contributed by atoms with Crippen LogP contribution in [0.15, 0.2) is 24.3 Å². The minimum atomic E-state index is -4.48. The molecule has 0 heterocycles. The van der Waals surface area contributed by atoms with E-state index >= 15 is 0 Å². The third-order valence-corrected chi connectivity index (χ3v) is 1.82. The second-order valence-electron chi connectivity index (χ2n) is 3.03. The van der Waals surface area contributed by atoms with Crippen LogP contribution in [0, 0.1) is 0 Å². The molecule has 88 valence electrons. The predicted octanol–water partition coefficient (Wildman–Crippen LogP) is 2.85. The highest BCUT2D eigenvalue weighted by atomic mass is 19.4. The first-order valence-electron chi connectivity index (χ1n) is 4.66. The van der Waals surface area contributed by atoms with Crippen LogP contribution in [-0.4, -0.2) is 12.6 Å². The fourth-order valence-corrected chi connectivity index (χ4v) is 1.17. The van der Waals surface area contributed by atoms with Crippen LogP contribution in [0.25, 0.3) is 0 Å². The van der Waals surface area contributed by atoms with Crippen molar-refractivity contribution >= 4 is 11.7 Å². The maximum Gasteiger partial charge on any atom is 0.418 e. The summed E-state index contributed by atoms with van der Waals surface area (Å²) in [7, 11) is 0. The third-order valence-electron chi connectivity index (χ3n) is 1.82. The summed E-state index contributed by atoms with van der Waals surface area (Å²) >= 11 is 0. The molecule has 0 atom stereocenters. The van der Waals surface area contributed by atoms with Gasteiger partial charge in [-0.3, -0.25) is 0 Å². The molecule has 0 aromatic heterocycles. The monoisotopic (exact) mass is 232 g/mol. The van der Waals surface area contributed by atoms with Crippen LogP contribution in [0.2, 0.25) is 0 Å². The van der Waals surface area contributed by atoms with Crippen LogP contribution >= 0.6 is 0 Å². The molecule has 6 heteroatoms. The van der Waals surface area contributed by atoms with Gasteiger partial charge in [0.2, 0.25) is 0 Å². The van der Waals surface area contributed by atoms with Crippen molar-refractivity contribution in [1.82, 2.24) is 5.32 Å². The fraction of sp³-hybridized carbons (Fsp3) is 0.300. The van der Waals surface area contributed by atoms with Crippen LogP contribution in [0.5, 0.6) is 0 Å². The van der Waals surface area contributed by atoms with Gasteiger partial charge in [-0.25, -0.2) is 4.79 Å². The van der Waals surface area contributed by atoms with Crippen molar-refractivity contribution in [1.29, 1.82) is 0 Å². The van der Waals surface area contributed by atoms with Crippen molar-refractivity contribution in [2.45, 2.75) is 13.1 Å². The second kappa shape index (κ2) is 4.87. The second-order valence-corrected chi connectivity index (χ2v) is 3.03. The van der Waals surface area contributed by atoms with Gasteiger partial charge in [0.25, 0.3) is 0 Å². The molecule has 0 radical (unpaired) electrons. The number of carbonyl (C=O) groups is 1. The first-order valence-corrected chi connectivity index (χ1v) is 4.66. The van der Waals surface area contributed by atoms with Gasteiger partial charge in [-0.05, 0) is 19.1 Å². The summed E-state index contributed by atoms with van der Waals surface area (Å²) in [5.41, 5.74) is -1.11. The number of halogens is 3. The molecule has 1 rings (SSSR count). The SMILES string of the molecule is CCNC(=O)Nc1ccccc1C(F)(F)F. The molecule has 0 aliphatic rings. The number of rotatable bonds is 2. The highest BCUT2D eigenvalue weighted by Crippen LogP contribution is 2.34. The number of para-hydroxylation sites is 1. The van der Waals surface area contributed by atoms with Gasteiger partial charge in [0.1, 0.15) is 0 Å². The quantitative estimate of drug-likeness (QED) is 0.808. The van der Waals surface area contributed by atoms with Gasteiger partial charge >= 0.3 is 12.2 Å². The molecule has 0 aliphatic heterocycles. The molecule has 0 fully saturated rings. The first-order chi connectivity index (χ1) is 7.45. The average molecular weight is 232 g/mol. The van der Waals surface area contributed by atoms with E-state index in [1.54, 1.807) is 6.92 Å². The Labute approximate surface area is 90.6 Å². The van der Waals surface area contributed by atoms with E-state index in [9.17, 15) is 18.0 Å². The lowest BCUT2D eigenvalue weighted by molar-refractivity contribution is -0.136. The third kappa shape index (κ3) is 3.15. The Hall–Kier alpha value is -1.72. The largest absolute Gasteiger partial charge is 0.418 e. The molecular weight excluding hydrogens is 221 g/mol. The molecular formula is C10H11F3N2O. The molecule has 2 N–H and O–H groups in total. The van der Waals surface area contributed by atoms with E-state index < -0.39 is 17.8 Å². The van der Waals surface area contributed by atoms with Gasteiger partial charge < -0.3 is 10.6 Å². The number of benzene rings is 1. The standard InChI is InChI=1S/C10H11F3N2O/c1-2-14-9(16)15-8-6-4-3-5-7(8)10(11,12)13/h3-6H,2H2,1H3,(H2,14,15,16). The Morgan fingerprint density at radius 2 is 1.94 bits per heavy atom. The van der Waals surface area contributed by atoms with Crippen molar-refractivity contribution < 1.29 is 18.0 Å². The molecule has 0 saturated heterocycles. The number of nitrogens with one attached hydrogen (secondary N) is 2. The lowest BCUT2D eigenvalue weighted by Gasteiger charge is -2.13. The Balaban J connectivity index is 2.92. The van der Waals surface area contributed by atoms with Crippen LogP contribution in [0.4, 0.5) is 23.7 Å². The molecule has 1 aromatic carbocycles. The summed E-state index contributed by atoms with van der Waals surface area (Å²) in [5, 5.41) is 4.50. The zero-order valence-corrected chi connectivity index (χ0v) is 8.56. The Morgan fingerprint density at radius 3 is 2.50 bits per heavy atom. The maximum atomic E-state index is 12.5. The minimum Gasteiger partial charge on any atom is -0.338 e. The van der Waals surface area contributed by atoms with Gasteiger partial charge in [-0.1, -0.05) is 12.1 Å². The predicted molar refractivity (Wildman–Crippen MR) is 54.1 cm³/mol. The molecule has 0 unspecified atom stereocenters. The zero-order chi connectivity index (χ0) is 12.2. The summed E-state index contributed by atoms with van der Waals surface area (Å²) in [5.74, 6) is 0. The van der Waals surface area contributed by atoms with Crippen molar-refractivity contribution in [3.63, 3.8) is 0 Å². The number of alkyl halides is 3. The summed E-state index contributed by atoms with van der Waals surface area (Å²) < 4.78 is 37.5. The summed E-state index contributed by atoms with van der Waals surface area (Å²) in [6.07, 6.45) is -4.48. The fourth-order valence-electron chi connectivity index (χ4n) is 1.17. The van der Waals surface area contributed by atoms with Crippen molar-refractivity contribution in [2.75, 3.05) is 11.9 Å². The van der Waals surface area contributed by atoms with Crippen LogP contribution in [0.1, 0.15) is 12.5 Å². The molecule has 16 heavy (non-hydrogen) atoms. The number of amides is 2. The molecule has 3 nitrogen and oxygen atoms in total. The summed E-state index contributed by atoms with van der Waals surface area (Å²) in [6.45, 7) is 2.02. The highest BCUT2D eigenvalue weighted by molar-refractivity contribution is 5.90. The van der Waals surface area contributed by atoms with Crippen LogP contribution < -0.4 is 10.6 Å². The number of anilines is 1. The number of hydrogen-bond acceptors (Lipinski definition) is 1. The molecule has 1 aromatic rings. The lowest BCUT2D eigenvalue weighted by Crippen LogP contribution is -2.29. The lowest BCUT2D eigenvalue weighted by atomic mass is 10.1. The zero-order valence-electron chi connectivity index (χ0n) is 8.56. The molecule has 0 saturated carbocycles. The number of hydrogen-bond donors (Lipinski definition) is 2. The van der Waals surface area contributed by atoms with E-state index in [-0.39, 0.29) is 5.69 Å². The Kier molecular flexibility index (Phi) is 3.76.